The maximum absolute atomic E-state index is 12.1. The van der Waals surface area contributed by atoms with Gasteiger partial charge in [-0.3, -0.25) is 4.79 Å². The fraction of sp³-hybridized carbons (Fsp3) is 0.235. The van der Waals surface area contributed by atoms with E-state index in [1.54, 1.807) is 36.5 Å². The van der Waals surface area contributed by atoms with Crippen molar-refractivity contribution in [3.8, 4) is 6.07 Å². The van der Waals surface area contributed by atoms with Gasteiger partial charge in [-0.25, -0.2) is 4.98 Å². The van der Waals surface area contributed by atoms with Crippen LogP contribution in [0.25, 0.3) is 0 Å². The number of carbonyl (C=O) groups is 1. The predicted molar refractivity (Wildman–Crippen MR) is 86.7 cm³/mol. The van der Waals surface area contributed by atoms with E-state index in [0.29, 0.717) is 16.9 Å². The van der Waals surface area contributed by atoms with Crippen molar-refractivity contribution < 1.29 is 4.79 Å². The average Bonchev–Trinajstić information content (AvgIpc) is 2.46. The van der Waals surface area contributed by atoms with Gasteiger partial charge in [0, 0.05) is 11.2 Å². The first-order chi connectivity index (χ1) is 10.4. The minimum Gasteiger partial charge on any atom is -0.379 e. The smallest absolute Gasteiger partial charge is 0.274 e. The number of carbonyl (C=O) groups excluding carboxylic acids is 1. The van der Waals surface area contributed by atoms with E-state index < -0.39 is 0 Å². The van der Waals surface area contributed by atoms with Gasteiger partial charge in [-0.05, 0) is 51.1 Å². The number of hydrogen-bond donors (Lipinski definition) is 2. The van der Waals surface area contributed by atoms with Gasteiger partial charge in [-0.15, -0.1) is 0 Å². The number of aromatic nitrogens is 1. The summed E-state index contributed by atoms with van der Waals surface area (Å²) in [6.45, 7) is 6.15. The van der Waals surface area contributed by atoms with Crippen LogP contribution in [0.5, 0.6) is 0 Å². The normalized spacial score (nSPS) is 10.6. The number of nitriles is 1. The maximum Gasteiger partial charge on any atom is 0.274 e. The fourth-order valence-corrected chi connectivity index (χ4v) is 1.90. The van der Waals surface area contributed by atoms with Crippen LogP contribution in [0.3, 0.4) is 0 Å². The molecule has 5 heteroatoms. The molecule has 112 valence electrons. The summed E-state index contributed by atoms with van der Waals surface area (Å²) in [5, 5.41) is 14.9. The number of nitrogens with zero attached hydrogens (tertiary/aromatic N) is 2. The van der Waals surface area contributed by atoms with Crippen LogP contribution in [0.2, 0.25) is 0 Å². The summed E-state index contributed by atoms with van der Waals surface area (Å²) in [6.07, 6.45) is 1.63. The van der Waals surface area contributed by atoms with Crippen molar-refractivity contribution in [3.05, 3.63) is 53.9 Å². The summed E-state index contributed by atoms with van der Waals surface area (Å²) in [5.41, 5.74) is 2.18. The number of benzene rings is 1. The number of amides is 1. The zero-order valence-corrected chi connectivity index (χ0v) is 12.8. The summed E-state index contributed by atoms with van der Waals surface area (Å²) in [7, 11) is 0. The highest BCUT2D eigenvalue weighted by Crippen LogP contribution is 2.15. The summed E-state index contributed by atoms with van der Waals surface area (Å²) >= 11 is 0. The molecule has 0 aliphatic heterocycles. The van der Waals surface area contributed by atoms with Gasteiger partial charge in [-0.2, -0.15) is 5.26 Å². The van der Waals surface area contributed by atoms with E-state index >= 15 is 0 Å². The van der Waals surface area contributed by atoms with Crippen LogP contribution in [-0.4, -0.2) is 16.4 Å². The minimum atomic E-state index is -0.308. The highest BCUT2D eigenvalue weighted by Gasteiger charge is 2.11. The lowest BCUT2D eigenvalue weighted by atomic mass is 10.1. The average molecular weight is 294 g/mol. The van der Waals surface area contributed by atoms with Gasteiger partial charge in [0.1, 0.15) is 5.69 Å². The largest absolute Gasteiger partial charge is 0.379 e. The molecule has 0 saturated heterocycles. The Morgan fingerprint density at radius 3 is 2.55 bits per heavy atom. The van der Waals surface area contributed by atoms with Crippen molar-refractivity contribution in [2.24, 2.45) is 0 Å². The summed E-state index contributed by atoms with van der Waals surface area (Å²) in [6, 6.07) is 12.3. The third-order valence-electron chi connectivity index (χ3n) is 2.76. The van der Waals surface area contributed by atoms with E-state index in [1.165, 1.54) is 0 Å². The molecule has 0 radical (unpaired) electrons. The lowest BCUT2D eigenvalue weighted by molar-refractivity contribution is 0.102. The molecule has 0 spiro atoms. The molecule has 0 saturated carbocycles. The molecule has 1 aromatic heterocycles. The standard InChI is InChI=1S/C17H18N4O/c1-17(2,3)21-14-7-8-15(19-11-14)16(22)20-13-6-4-5-12(9-13)10-18/h4-9,11,21H,1-3H3,(H,20,22). The molecule has 5 nitrogen and oxygen atoms in total. The molecule has 22 heavy (non-hydrogen) atoms. The van der Waals surface area contributed by atoms with Crippen molar-refractivity contribution in [2.75, 3.05) is 10.6 Å². The second kappa shape index (κ2) is 6.27. The lowest BCUT2D eigenvalue weighted by Crippen LogP contribution is -2.26. The number of rotatable bonds is 3. The van der Waals surface area contributed by atoms with E-state index in [2.05, 4.69) is 36.4 Å². The SMILES string of the molecule is CC(C)(C)Nc1ccc(C(=O)Nc2cccc(C#N)c2)nc1. The second-order valence-electron chi connectivity index (χ2n) is 5.95. The Morgan fingerprint density at radius 2 is 1.95 bits per heavy atom. The highest BCUT2D eigenvalue weighted by molar-refractivity contribution is 6.03. The lowest BCUT2D eigenvalue weighted by Gasteiger charge is -2.21. The molecule has 0 unspecified atom stereocenters. The molecule has 2 rings (SSSR count). The Balaban J connectivity index is 2.08. The molecule has 1 heterocycles. The van der Waals surface area contributed by atoms with E-state index in [4.69, 9.17) is 5.26 Å². The fourth-order valence-electron chi connectivity index (χ4n) is 1.90. The van der Waals surface area contributed by atoms with Gasteiger partial charge in [0.15, 0.2) is 0 Å². The first kappa shape index (κ1) is 15.5. The maximum atomic E-state index is 12.1. The van der Waals surface area contributed by atoms with E-state index in [9.17, 15) is 4.79 Å². The second-order valence-corrected chi connectivity index (χ2v) is 5.95. The molecule has 0 bridgehead atoms. The summed E-state index contributed by atoms with van der Waals surface area (Å²) in [4.78, 5) is 16.3. The molecular formula is C17H18N4O. The molecule has 2 aromatic rings. The zero-order chi connectivity index (χ0) is 16.2. The van der Waals surface area contributed by atoms with Crippen LogP contribution in [0.15, 0.2) is 42.6 Å². The Labute approximate surface area is 130 Å². The molecule has 1 aromatic carbocycles. The molecule has 0 aliphatic rings. The van der Waals surface area contributed by atoms with Crippen molar-refractivity contribution in [3.63, 3.8) is 0 Å². The zero-order valence-electron chi connectivity index (χ0n) is 12.8. The van der Waals surface area contributed by atoms with Gasteiger partial charge in [0.2, 0.25) is 0 Å². The van der Waals surface area contributed by atoms with Crippen molar-refractivity contribution in [1.82, 2.24) is 4.98 Å². The first-order valence-electron chi connectivity index (χ1n) is 6.93. The van der Waals surface area contributed by atoms with Crippen LogP contribution in [-0.2, 0) is 0 Å². The summed E-state index contributed by atoms with van der Waals surface area (Å²) in [5.74, 6) is -0.308. The van der Waals surface area contributed by atoms with Gasteiger partial charge < -0.3 is 10.6 Å². The molecule has 0 aliphatic carbocycles. The molecule has 2 N–H and O–H groups in total. The number of anilines is 2. The minimum absolute atomic E-state index is 0.0663. The van der Waals surface area contributed by atoms with E-state index in [-0.39, 0.29) is 11.4 Å². The van der Waals surface area contributed by atoms with E-state index in [1.807, 2.05) is 12.1 Å². The topological polar surface area (TPSA) is 77.8 Å². The third-order valence-corrected chi connectivity index (χ3v) is 2.76. The number of hydrogen-bond acceptors (Lipinski definition) is 4. The summed E-state index contributed by atoms with van der Waals surface area (Å²) < 4.78 is 0. The van der Waals surface area contributed by atoms with Gasteiger partial charge >= 0.3 is 0 Å². The predicted octanol–water partition coefficient (Wildman–Crippen LogP) is 3.42. The first-order valence-corrected chi connectivity index (χ1v) is 6.93. The third kappa shape index (κ3) is 4.32. The molecule has 1 amide bonds. The van der Waals surface area contributed by atoms with Crippen molar-refractivity contribution in [1.29, 1.82) is 5.26 Å². The van der Waals surface area contributed by atoms with Crippen LogP contribution in [0, 0.1) is 11.3 Å². The Hall–Kier alpha value is -2.87. The monoisotopic (exact) mass is 294 g/mol. The Kier molecular flexibility index (Phi) is 4.42. The van der Waals surface area contributed by atoms with Gasteiger partial charge in [-0.1, -0.05) is 6.07 Å². The van der Waals surface area contributed by atoms with Crippen LogP contribution < -0.4 is 10.6 Å². The molecule has 0 fully saturated rings. The van der Waals surface area contributed by atoms with E-state index in [0.717, 1.165) is 5.69 Å². The van der Waals surface area contributed by atoms with Gasteiger partial charge in [0.25, 0.3) is 5.91 Å². The Bertz CT molecular complexity index is 709. The highest BCUT2D eigenvalue weighted by atomic mass is 16.1. The number of nitrogens with one attached hydrogen (secondary N) is 2. The van der Waals surface area contributed by atoms with Gasteiger partial charge in [0.05, 0.1) is 23.5 Å². The number of pyridine rings is 1. The van der Waals surface area contributed by atoms with Crippen molar-refractivity contribution in [2.45, 2.75) is 26.3 Å². The molecule has 0 atom stereocenters. The quantitative estimate of drug-likeness (QED) is 0.909. The Morgan fingerprint density at radius 1 is 1.18 bits per heavy atom. The van der Waals surface area contributed by atoms with Crippen LogP contribution >= 0.6 is 0 Å². The van der Waals surface area contributed by atoms with Crippen LogP contribution in [0.1, 0.15) is 36.8 Å². The molecular weight excluding hydrogens is 276 g/mol. The van der Waals surface area contributed by atoms with Crippen LogP contribution in [0.4, 0.5) is 11.4 Å². The van der Waals surface area contributed by atoms with Crippen molar-refractivity contribution >= 4 is 17.3 Å².